The van der Waals surface area contributed by atoms with Gasteiger partial charge in [0.05, 0.1) is 11.1 Å². The summed E-state index contributed by atoms with van der Waals surface area (Å²) in [6, 6.07) is 15.8. The smallest absolute Gasteiger partial charge is 0.348 e. The van der Waals surface area contributed by atoms with Gasteiger partial charge in [-0.1, -0.05) is 36.4 Å². The van der Waals surface area contributed by atoms with E-state index in [9.17, 15) is 9.59 Å². The average molecular weight is 265 g/mol. The van der Waals surface area contributed by atoms with Gasteiger partial charge in [-0.05, 0) is 18.2 Å². The van der Waals surface area contributed by atoms with E-state index in [1.165, 1.54) is 0 Å². The summed E-state index contributed by atoms with van der Waals surface area (Å²) < 4.78 is 4.89. The summed E-state index contributed by atoms with van der Waals surface area (Å²) in [6.07, 6.45) is 1.55. The standard InChI is InChI=1S/C16H11NO3/c18-15(11-6-2-1-3-7-11)20-16(19)13-10-17-14-9-5-4-8-12(13)14/h1-10,17H. The van der Waals surface area contributed by atoms with Gasteiger partial charge in [0.2, 0.25) is 0 Å². The molecular weight excluding hydrogens is 254 g/mol. The zero-order chi connectivity index (χ0) is 13.9. The Morgan fingerprint density at radius 3 is 2.35 bits per heavy atom. The monoisotopic (exact) mass is 265 g/mol. The Labute approximate surface area is 115 Å². The fourth-order valence-electron chi connectivity index (χ4n) is 2.01. The number of aromatic amines is 1. The van der Waals surface area contributed by atoms with Gasteiger partial charge in [0.25, 0.3) is 0 Å². The highest BCUT2D eigenvalue weighted by Gasteiger charge is 2.17. The van der Waals surface area contributed by atoms with Crippen molar-refractivity contribution in [3.63, 3.8) is 0 Å². The number of esters is 2. The lowest BCUT2D eigenvalue weighted by Crippen LogP contribution is -2.12. The molecule has 0 bridgehead atoms. The molecule has 0 spiro atoms. The lowest BCUT2D eigenvalue weighted by atomic mass is 10.2. The lowest BCUT2D eigenvalue weighted by Gasteiger charge is -2.02. The van der Waals surface area contributed by atoms with E-state index in [1.54, 1.807) is 42.6 Å². The molecule has 0 saturated heterocycles. The second-order valence-corrected chi connectivity index (χ2v) is 4.29. The summed E-state index contributed by atoms with van der Waals surface area (Å²) in [7, 11) is 0. The molecule has 0 amide bonds. The van der Waals surface area contributed by atoms with Crippen LogP contribution in [0.25, 0.3) is 10.9 Å². The number of ether oxygens (including phenoxy) is 1. The van der Waals surface area contributed by atoms with Gasteiger partial charge in [-0.15, -0.1) is 0 Å². The fraction of sp³-hybridized carbons (Fsp3) is 0. The molecule has 3 aromatic rings. The molecule has 1 aromatic heterocycles. The van der Waals surface area contributed by atoms with E-state index >= 15 is 0 Å². The Balaban J connectivity index is 1.85. The van der Waals surface area contributed by atoms with E-state index in [0.717, 1.165) is 10.9 Å². The number of benzene rings is 2. The van der Waals surface area contributed by atoms with Crippen LogP contribution in [0.3, 0.4) is 0 Å². The van der Waals surface area contributed by atoms with Crippen LogP contribution in [-0.4, -0.2) is 16.9 Å². The van der Waals surface area contributed by atoms with Gasteiger partial charge >= 0.3 is 11.9 Å². The molecule has 2 aromatic carbocycles. The van der Waals surface area contributed by atoms with Gasteiger partial charge < -0.3 is 9.72 Å². The van der Waals surface area contributed by atoms with Crippen LogP contribution in [0.1, 0.15) is 20.7 Å². The highest BCUT2D eigenvalue weighted by Crippen LogP contribution is 2.18. The van der Waals surface area contributed by atoms with Crippen LogP contribution in [0.5, 0.6) is 0 Å². The number of hydrogen-bond donors (Lipinski definition) is 1. The summed E-state index contributed by atoms with van der Waals surface area (Å²) in [5, 5.41) is 0.735. The Bertz CT molecular complexity index is 775. The number of aromatic nitrogens is 1. The van der Waals surface area contributed by atoms with Crippen LogP contribution in [0, 0.1) is 0 Å². The van der Waals surface area contributed by atoms with Gasteiger partial charge in [0.1, 0.15) is 0 Å². The topological polar surface area (TPSA) is 59.2 Å². The minimum Gasteiger partial charge on any atom is -0.386 e. The highest BCUT2D eigenvalue weighted by molar-refractivity contribution is 6.09. The molecule has 0 unspecified atom stereocenters. The Morgan fingerprint density at radius 2 is 1.55 bits per heavy atom. The maximum Gasteiger partial charge on any atom is 0.348 e. The van der Waals surface area contributed by atoms with Crippen LogP contribution in [0.15, 0.2) is 60.8 Å². The minimum atomic E-state index is -0.656. The summed E-state index contributed by atoms with van der Waals surface area (Å²) in [6.45, 7) is 0. The number of rotatable bonds is 2. The first-order valence-electron chi connectivity index (χ1n) is 6.13. The fourth-order valence-corrected chi connectivity index (χ4v) is 2.01. The third-order valence-corrected chi connectivity index (χ3v) is 3.00. The SMILES string of the molecule is O=C(OC(=O)c1c[nH]c2ccccc12)c1ccccc1. The third kappa shape index (κ3) is 2.19. The van der Waals surface area contributed by atoms with Crippen molar-refractivity contribution in [2.24, 2.45) is 0 Å². The quantitative estimate of drug-likeness (QED) is 0.572. The van der Waals surface area contributed by atoms with E-state index < -0.39 is 11.9 Å². The first-order chi connectivity index (χ1) is 9.75. The summed E-state index contributed by atoms with van der Waals surface area (Å²) in [5.74, 6) is -1.31. The number of fused-ring (bicyclic) bond motifs is 1. The van der Waals surface area contributed by atoms with Crippen LogP contribution in [0.4, 0.5) is 0 Å². The average Bonchev–Trinajstić information content (AvgIpc) is 2.92. The third-order valence-electron chi connectivity index (χ3n) is 3.00. The summed E-state index contributed by atoms with van der Waals surface area (Å²) in [5.41, 5.74) is 1.53. The predicted octanol–water partition coefficient (Wildman–Crippen LogP) is 3.17. The molecular formula is C16H11NO3. The van der Waals surface area contributed by atoms with Crippen LogP contribution >= 0.6 is 0 Å². The summed E-state index contributed by atoms with van der Waals surface area (Å²) in [4.78, 5) is 26.8. The van der Waals surface area contributed by atoms with Crippen molar-refractivity contribution < 1.29 is 14.3 Å². The molecule has 1 heterocycles. The Hall–Kier alpha value is -2.88. The number of carbonyl (C=O) groups is 2. The van der Waals surface area contributed by atoms with Crippen molar-refractivity contribution in [2.75, 3.05) is 0 Å². The zero-order valence-electron chi connectivity index (χ0n) is 10.5. The number of carbonyl (C=O) groups excluding carboxylic acids is 2. The maximum atomic E-state index is 12.0. The van der Waals surface area contributed by atoms with Gasteiger partial charge in [-0.2, -0.15) is 0 Å². The predicted molar refractivity (Wildman–Crippen MR) is 74.5 cm³/mol. The molecule has 20 heavy (non-hydrogen) atoms. The molecule has 0 fully saturated rings. The van der Waals surface area contributed by atoms with Crippen LogP contribution in [0.2, 0.25) is 0 Å². The van der Waals surface area contributed by atoms with E-state index in [1.807, 2.05) is 18.2 Å². The molecule has 0 saturated carbocycles. The maximum absolute atomic E-state index is 12.0. The number of H-pyrrole nitrogens is 1. The van der Waals surface area contributed by atoms with Crippen molar-refractivity contribution in [3.8, 4) is 0 Å². The van der Waals surface area contributed by atoms with Crippen molar-refractivity contribution in [3.05, 3.63) is 71.9 Å². The minimum absolute atomic E-state index is 0.348. The zero-order valence-corrected chi connectivity index (χ0v) is 10.5. The molecule has 0 aliphatic rings. The van der Waals surface area contributed by atoms with Crippen molar-refractivity contribution in [1.82, 2.24) is 4.98 Å². The van der Waals surface area contributed by atoms with Gasteiger partial charge in [0, 0.05) is 17.1 Å². The van der Waals surface area contributed by atoms with Crippen LogP contribution < -0.4 is 0 Å². The molecule has 4 heteroatoms. The first-order valence-corrected chi connectivity index (χ1v) is 6.13. The van der Waals surface area contributed by atoms with Gasteiger partial charge in [-0.25, -0.2) is 9.59 Å². The molecule has 3 rings (SSSR count). The summed E-state index contributed by atoms with van der Waals surface area (Å²) >= 11 is 0. The van der Waals surface area contributed by atoms with E-state index in [-0.39, 0.29) is 0 Å². The molecule has 0 aliphatic heterocycles. The van der Waals surface area contributed by atoms with Crippen LogP contribution in [-0.2, 0) is 4.74 Å². The first kappa shape index (κ1) is 12.2. The molecule has 0 aliphatic carbocycles. The normalized spacial score (nSPS) is 10.4. The van der Waals surface area contributed by atoms with Gasteiger partial charge in [0.15, 0.2) is 0 Å². The van der Waals surface area contributed by atoms with E-state index in [0.29, 0.717) is 11.1 Å². The molecule has 0 radical (unpaired) electrons. The second kappa shape index (κ2) is 5.01. The molecule has 98 valence electrons. The number of nitrogens with one attached hydrogen (secondary N) is 1. The highest BCUT2D eigenvalue weighted by atomic mass is 16.6. The van der Waals surface area contributed by atoms with Crippen molar-refractivity contribution in [1.29, 1.82) is 0 Å². The lowest BCUT2D eigenvalue weighted by molar-refractivity contribution is 0.0399. The molecule has 1 N–H and O–H groups in total. The van der Waals surface area contributed by atoms with E-state index in [2.05, 4.69) is 4.98 Å². The number of para-hydroxylation sites is 1. The van der Waals surface area contributed by atoms with Crippen molar-refractivity contribution >= 4 is 22.8 Å². The van der Waals surface area contributed by atoms with E-state index in [4.69, 9.17) is 4.74 Å². The molecule has 4 nitrogen and oxygen atoms in total. The number of hydrogen-bond acceptors (Lipinski definition) is 3. The second-order valence-electron chi connectivity index (χ2n) is 4.29. The molecule has 0 atom stereocenters. The Kier molecular flexibility index (Phi) is 3.05. The Morgan fingerprint density at radius 1 is 0.850 bits per heavy atom. The van der Waals surface area contributed by atoms with Crippen molar-refractivity contribution in [2.45, 2.75) is 0 Å². The van der Waals surface area contributed by atoms with Gasteiger partial charge in [-0.3, -0.25) is 0 Å². The largest absolute Gasteiger partial charge is 0.386 e.